The zero-order chi connectivity index (χ0) is 24.1. The van der Waals surface area contributed by atoms with Gasteiger partial charge in [-0.1, -0.05) is 60.8 Å². The summed E-state index contributed by atoms with van der Waals surface area (Å²) in [6.07, 6.45) is 11.3. The Morgan fingerprint density at radius 2 is 1.81 bits per heavy atom. The van der Waals surface area contributed by atoms with Gasteiger partial charge in [-0.15, -0.1) is 0 Å². The Kier molecular flexibility index (Phi) is 12.1. The molecule has 0 aliphatic heterocycles. The van der Waals surface area contributed by atoms with E-state index in [9.17, 15) is 4.79 Å². The molecule has 178 valence electrons. The van der Waals surface area contributed by atoms with Gasteiger partial charge in [0.15, 0.2) is 5.82 Å². The van der Waals surface area contributed by atoms with Crippen LogP contribution in [0.5, 0.6) is 0 Å². The first-order valence-electron chi connectivity index (χ1n) is 12.0. The van der Waals surface area contributed by atoms with Gasteiger partial charge < -0.3 is 16.5 Å². The van der Waals surface area contributed by atoms with Gasteiger partial charge in [0.25, 0.3) is 0 Å². The molecule has 4 rings (SSSR count). The van der Waals surface area contributed by atoms with E-state index in [1.54, 1.807) is 0 Å². The maximum absolute atomic E-state index is 11.6. The molecule has 0 bridgehead atoms. The van der Waals surface area contributed by atoms with Crippen molar-refractivity contribution < 1.29 is 4.79 Å². The lowest BCUT2D eigenvalue weighted by molar-refractivity contribution is -0.119. The number of hydrogen-bond donors (Lipinski definition) is 3. The molecule has 8 heteroatoms. The summed E-state index contributed by atoms with van der Waals surface area (Å²) in [7, 11) is 0. The quantitative estimate of drug-likeness (QED) is 0.481. The van der Waals surface area contributed by atoms with Gasteiger partial charge in [0.05, 0.1) is 17.3 Å². The van der Waals surface area contributed by atoms with Crippen molar-refractivity contribution in [1.29, 1.82) is 0 Å². The fraction of sp³-hybridized carbons (Fsp3) is 0.583. The highest BCUT2D eigenvalue weighted by molar-refractivity contribution is 5.92. The molecule has 1 aliphatic rings. The van der Waals surface area contributed by atoms with E-state index in [1.165, 1.54) is 25.6 Å². The highest BCUT2D eigenvalue weighted by Gasteiger charge is 2.29. The molecule has 0 radical (unpaired) electrons. The maximum Gasteiger partial charge on any atom is 0.219 e. The molecule has 1 fully saturated rings. The Labute approximate surface area is 192 Å². The highest BCUT2D eigenvalue weighted by Crippen LogP contribution is 2.38. The predicted octanol–water partition coefficient (Wildman–Crippen LogP) is 5.48. The molecule has 3 heterocycles. The number of carbonyl (C=O) groups excluding carboxylic acids is 1. The van der Waals surface area contributed by atoms with Crippen LogP contribution in [0.15, 0.2) is 24.8 Å². The minimum Gasteiger partial charge on any atom is -0.382 e. The normalized spacial score (nSPS) is 13.8. The van der Waals surface area contributed by atoms with Gasteiger partial charge in [0.1, 0.15) is 12.0 Å². The van der Waals surface area contributed by atoms with Gasteiger partial charge in [0.2, 0.25) is 5.91 Å². The summed E-state index contributed by atoms with van der Waals surface area (Å²) in [6.45, 7) is 12.2. The van der Waals surface area contributed by atoms with Crippen molar-refractivity contribution in [3.8, 4) is 11.3 Å². The van der Waals surface area contributed by atoms with Crippen molar-refractivity contribution >= 4 is 22.8 Å². The predicted molar refractivity (Wildman–Crippen MR) is 133 cm³/mol. The van der Waals surface area contributed by atoms with Gasteiger partial charge in [-0.2, -0.15) is 5.10 Å². The molecule has 0 spiro atoms. The largest absolute Gasteiger partial charge is 0.382 e. The Morgan fingerprint density at radius 1 is 1.19 bits per heavy atom. The molecule has 1 aliphatic carbocycles. The number of fused-ring (bicyclic) bond motifs is 1. The number of aromatic nitrogens is 5. The van der Waals surface area contributed by atoms with Crippen LogP contribution in [-0.4, -0.2) is 30.6 Å². The summed E-state index contributed by atoms with van der Waals surface area (Å²) in [5.74, 6) is 0.480. The van der Waals surface area contributed by atoms with E-state index in [-0.39, 0.29) is 18.4 Å². The van der Waals surface area contributed by atoms with Crippen molar-refractivity contribution in [3.63, 3.8) is 0 Å². The van der Waals surface area contributed by atoms with Crippen molar-refractivity contribution in [3.05, 3.63) is 24.8 Å². The topological polar surface area (TPSA) is 128 Å². The minimum atomic E-state index is -0.317. The standard InChI is InChI=1S/C17H21N7O.C3H8.2C2H6/c18-14(25)7-13(10-3-1-2-4-10)24-8-12(16(19)23-24)15-11-5-6-20-17(11)22-9-21-15;1-3-2;2*1-2/h5-6,8-10,13H,1-4,7H2,(H2,18,25)(H2,19,23)(H,20,21,22);3H2,1-2H3;2*1-2H3. The second kappa shape index (κ2) is 14.2. The van der Waals surface area contributed by atoms with Crippen LogP contribution in [0.4, 0.5) is 5.82 Å². The number of aromatic amines is 1. The van der Waals surface area contributed by atoms with Crippen molar-refractivity contribution in [2.24, 2.45) is 11.7 Å². The molecule has 1 atom stereocenters. The van der Waals surface area contributed by atoms with Gasteiger partial charge >= 0.3 is 0 Å². The van der Waals surface area contributed by atoms with E-state index < -0.39 is 0 Å². The summed E-state index contributed by atoms with van der Waals surface area (Å²) in [5.41, 5.74) is 13.9. The van der Waals surface area contributed by atoms with Crippen LogP contribution in [0.25, 0.3) is 22.3 Å². The summed E-state index contributed by atoms with van der Waals surface area (Å²) < 4.78 is 1.81. The second-order valence-electron chi connectivity index (χ2n) is 7.36. The first-order chi connectivity index (χ1) is 15.5. The fourth-order valence-electron chi connectivity index (χ4n) is 3.87. The van der Waals surface area contributed by atoms with Crippen LogP contribution in [0.2, 0.25) is 0 Å². The molecule has 1 unspecified atom stereocenters. The molecule has 5 N–H and O–H groups in total. The molecular weight excluding hydrogens is 402 g/mol. The third-order valence-electron chi connectivity index (χ3n) is 5.06. The van der Waals surface area contributed by atoms with Crippen molar-refractivity contribution in [2.75, 3.05) is 5.73 Å². The number of anilines is 1. The smallest absolute Gasteiger partial charge is 0.219 e. The number of amides is 1. The monoisotopic (exact) mass is 443 g/mol. The Balaban J connectivity index is 0.000000662. The number of nitrogens with one attached hydrogen (secondary N) is 1. The van der Waals surface area contributed by atoms with Crippen LogP contribution in [0.1, 0.15) is 86.1 Å². The van der Waals surface area contributed by atoms with Crippen molar-refractivity contribution in [2.45, 2.75) is 86.1 Å². The number of hydrogen-bond acceptors (Lipinski definition) is 5. The number of H-pyrrole nitrogens is 1. The number of rotatable bonds is 5. The zero-order valence-corrected chi connectivity index (χ0v) is 20.6. The molecule has 3 aromatic rings. The van der Waals surface area contributed by atoms with Crippen LogP contribution in [-0.2, 0) is 4.79 Å². The van der Waals surface area contributed by atoms with E-state index in [0.717, 1.165) is 35.1 Å². The summed E-state index contributed by atoms with van der Waals surface area (Å²) in [6, 6.07) is 1.86. The molecular formula is C24H41N7O. The third-order valence-corrected chi connectivity index (χ3v) is 5.06. The Morgan fingerprint density at radius 3 is 2.41 bits per heavy atom. The molecule has 32 heavy (non-hydrogen) atoms. The number of carbonyl (C=O) groups is 1. The van der Waals surface area contributed by atoms with E-state index in [4.69, 9.17) is 11.5 Å². The van der Waals surface area contributed by atoms with Crippen molar-refractivity contribution in [1.82, 2.24) is 24.7 Å². The van der Waals surface area contributed by atoms with Crippen LogP contribution < -0.4 is 11.5 Å². The maximum atomic E-state index is 11.6. The minimum absolute atomic E-state index is 0.0559. The lowest BCUT2D eigenvalue weighted by Crippen LogP contribution is -2.25. The summed E-state index contributed by atoms with van der Waals surface area (Å²) in [5, 5.41) is 5.38. The van der Waals surface area contributed by atoms with E-state index >= 15 is 0 Å². The lowest BCUT2D eigenvalue weighted by atomic mass is 9.95. The van der Waals surface area contributed by atoms with E-state index in [1.807, 2.05) is 50.8 Å². The van der Waals surface area contributed by atoms with E-state index in [0.29, 0.717) is 11.7 Å². The van der Waals surface area contributed by atoms with Crippen LogP contribution in [0.3, 0.4) is 0 Å². The molecule has 8 nitrogen and oxygen atoms in total. The summed E-state index contributed by atoms with van der Waals surface area (Å²) >= 11 is 0. The number of nitrogens with two attached hydrogens (primary N) is 2. The molecule has 0 saturated heterocycles. The number of primary amides is 1. The molecule has 3 aromatic heterocycles. The van der Waals surface area contributed by atoms with Crippen LogP contribution in [0, 0.1) is 5.92 Å². The number of nitrogens with zero attached hydrogens (tertiary/aromatic N) is 4. The fourth-order valence-corrected chi connectivity index (χ4v) is 3.87. The molecule has 1 saturated carbocycles. The van der Waals surface area contributed by atoms with Gasteiger partial charge in [0, 0.05) is 24.2 Å². The SMILES string of the molecule is CC.CC.CCC.NC(=O)CC(C1CCCC1)n1cc(-c2ncnc3[nH]ccc23)c(N)n1. The first kappa shape index (κ1) is 27.1. The first-order valence-corrected chi connectivity index (χ1v) is 12.0. The summed E-state index contributed by atoms with van der Waals surface area (Å²) in [4.78, 5) is 23.2. The number of nitrogen functional groups attached to an aromatic ring is 1. The second-order valence-corrected chi connectivity index (χ2v) is 7.36. The third kappa shape index (κ3) is 6.80. The van der Waals surface area contributed by atoms with E-state index in [2.05, 4.69) is 33.9 Å². The van der Waals surface area contributed by atoms with Gasteiger partial charge in [-0.3, -0.25) is 9.48 Å². The van der Waals surface area contributed by atoms with Gasteiger partial charge in [-0.25, -0.2) is 9.97 Å². The average molecular weight is 444 g/mol. The average Bonchev–Trinajstić information content (AvgIpc) is 3.56. The lowest BCUT2D eigenvalue weighted by Gasteiger charge is -2.22. The Hall–Kier alpha value is -2.90. The Bertz CT molecular complexity index is 925. The highest BCUT2D eigenvalue weighted by atomic mass is 16.1. The molecule has 1 amide bonds. The zero-order valence-electron chi connectivity index (χ0n) is 20.6. The molecule has 0 aromatic carbocycles. The van der Waals surface area contributed by atoms with Gasteiger partial charge in [-0.05, 0) is 24.8 Å². The van der Waals surface area contributed by atoms with Crippen LogP contribution >= 0.6 is 0 Å².